The van der Waals surface area contributed by atoms with Crippen molar-refractivity contribution in [1.29, 1.82) is 0 Å². The van der Waals surface area contributed by atoms with Gasteiger partial charge in [0.05, 0.1) is 34.5 Å². The molecule has 2 unspecified atom stereocenters. The summed E-state index contributed by atoms with van der Waals surface area (Å²) in [6, 6.07) is 5.61. The maximum Gasteiger partial charge on any atom is 0.175 e. The molecule has 2 aromatic carbocycles. The molecule has 3 N–H and O–H groups in total. The molecule has 0 bridgehead atoms. The number of benzene rings is 2. The van der Waals surface area contributed by atoms with Gasteiger partial charge >= 0.3 is 0 Å². The molecule has 2 aromatic heterocycles. The molecule has 0 spiro atoms. The first-order chi connectivity index (χ1) is 17.4. The Labute approximate surface area is 206 Å². The van der Waals surface area contributed by atoms with Crippen molar-refractivity contribution in [2.45, 2.75) is 37.8 Å². The zero-order chi connectivity index (χ0) is 24.9. The van der Waals surface area contributed by atoms with Crippen LogP contribution in [0.1, 0.15) is 54.8 Å². The first kappa shape index (κ1) is 21.7. The number of aliphatic hydroxyl groups is 1. The Balaban J connectivity index is 1.57. The van der Waals surface area contributed by atoms with E-state index >= 15 is 4.39 Å². The Morgan fingerprint density at radius 2 is 1.92 bits per heavy atom. The van der Waals surface area contributed by atoms with Crippen molar-refractivity contribution >= 4 is 21.7 Å². The van der Waals surface area contributed by atoms with Crippen LogP contribution in [0.15, 0.2) is 24.3 Å². The highest BCUT2D eigenvalue weighted by Crippen LogP contribution is 2.58. The first-order valence-corrected chi connectivity index (χ1v) is 12.3. The number of terminal acetylenes is 1. The van der Waals surface area contributed by atoms with E-state index in [-0.39, 0.29) is 39.9 Å². The molecule has 182 valence electrons. The van der Waals surface area contributed by atoms with E-state index in [0.29, 0.717) is 33.8 Å². The topological polar surface area (TPSA) is 83.2 Å². The van der Waals surface area contributed by atoms with E-state index in [1.807, 2.05) is 0 Å². The van der Waals surface area contributed by atoms with E-state index in [2.05, 4.69) is 16.2 Å². The van der Waals surface area contributed by atoms with Gasteiger partial charge in [0.15, 0.2) is 5.82 Å². The Bertz CT molecular complexity index is 1620. The van der Waals surface area contributed by atoms with E-state index in [4.69, 9.17) is 11.5 Å². The second-order valence-corrected chi connectivity index (χ2v) is 10.3. The minimum atomic E-state index is -0.994. The lowest BCUT2D eigenvalue weighted by atomic mass is 9.95. The molecular formula is C28H24F2N4O2. The Hall–Kier alpha value is -3.54. The van der Waals surface area contributed by atoms with Crippen LogP contribution in [0, 0.1) is 35.8 Å². The first-order valence-electron chi connectivity index (χ1n) is 12.3. The minimum absolute atomic E-state index is 0.0305. The van der Waals surface area contributed by atoms with Crippen LogP contribution < -0.4 is 5.32 Å². The molecule has 2 aliphatic carbocycles. The minimum Gasteiger partial charge on any atom is -0.508 e. The van der Waals surface area contributed by atoms with Crippen molar-refractivity contribution in [3.63, 3.8) is 0 Å². The number of phenols is 1. The van der Waals surface area contributed by atoms with Crippen LogP contribution in [0.4, 0.5) is 8.78 Å². The fourth-order valence-corrected chi connectivity index (χ4v) is 6.13. The summed E-state index contributed by atoms with van der Waals surface area (Å²) >= 11 is 0. The van der Waals surface area contributed by atoms with E-state index in [1.165, 1.54) is 24.3 Å². The maximum atomic E-state index is 16.6. The zero-order valence-corrected chi connectivity index (χ0v) is 19.6. The lowest BCUT2D eigenvalue weighted by Gasteiger charge is -2.15. The number of rotatable bonds is 4. The van der Waals surface area contributed by atoms with Crippen molar-refractivity contribution in [1.82, 2.24) is 20.1 Å². The van der Waals surface area contributed by atoms with Crippen molar-refractivity contribution in [2.24, 2.45) is 11.8 Å². The molecule has 3 heterocycles. The number of nitrogens with one attached hydrogen (secondary N) is 1. The molecule has 1 saturated heterocycles. The van der Waals surface area contributed by atoms with Gasteiger partial charge in [-0.1, -0.05) is 12.0 Å². The van der Waals surface area contributed by atoms with Gasteiger partial charge in [-0.05, 0) is 68.3 Å². The number of phenolic OH excluding ortho intramolecular Hbond substituents is 1. The number of halogens is 2. The molecule has 4 atom stereocenters. The van der Waals surface area contributed by atoms with E-state index < -0.39 is 17.7 Å². The molecule has 4 aromatic rings. The summed E-state index contributed by atoms with van der Waals surface area (Å²) in [7, 11) is 0. The number of aromatic hydroxyl groups is 1. The number of aliphatic hydroxyl groups excluding tert-OH is 1. The number of hydrogen-bond acceptors (Lipinski definition) is 5. The second-order valence-electron chi connectivity index (χ2n) is 10.3. The van der Waals surface area contributed by atoms with E-state index in [1.54, 1.807) is 11.6 Å². The maximum absolute atomic E-state index is 16.6. The van der Waals surface area contributed by atoms with Crippen LogP contribution in [0.3, 0.4) is 0 Å². The van der Waals surface area contributed by atoms with Gasteiger partial charge in [0.1, 0.15) is 22.8 Å². The Kier molecular flexibility index (Phi) is 4.51. The van der Waals surface area contributed by atoms with Gasteiger partial charge in [0, 0.05) is 16.9 Å². The number of piperidine rings is 1. The molecule has 3 aliphatic rings. The highest BCUT2D eigenvalue weighted by molar-refractivity contribution is 6.03. The van der Waals surface area contributed by atoms with Gasteiger partial charge in [-0.3, -0.25) is 4.68 Å². The molecule has 0 radical (unpaired) electrons. The molecule has 7 rings (SSSR count). The fourth-order valence-electron chi connectivity index (χ4n) is 6.13. The van der Waals surface area contributed by atoms with Crippen molar-refractivity contribution in [3.8, 4) is 29.4 Å². The van der Waals surface area contributed by atoms with Crippen LogP contribution in [-0.4, -0.2) is 38.1 Å². The Morgan fingerprint density at radius 1 is 1.17 bits per heavy atom. The monoisotopic (exact) mass is 486 g/mol. The molecule has 0 amide bonds. The Morgan fingerprint density at radius 3 is 2.58 bits per heavy atom. The predicted molar refractivity (Wildman–Crippen MR) is 131 cm³/mol. The lowest BCUT2D eigenvalue weighted by Crippen LogP contribution is -2.14. The van der Waals surface area contributed by atoms with Crippen molar-refractivity contribution < 1.29 is 19.0 Å². The van der Waals surface area contributed by atoms with Crippen LogP contribution in [0.25, 0.3) is 32.9 Å². The number of nitrogens with zero attached hydrogens (tertiary/aromatic N) is 3. The lowest BCUT2D eigenvalue weighted by molar-refractivity contribution is 0.196. The molecule has 3 fully saturated rings. The fraction of sp³-hybridized carbons (Fsp3) is 0.357. The summed E-state index contributed by atoms with van der Waals surface area (Å²) in [6.45, 7) is 3.41. The summed E-state index contributed by atoms with van der Waals surface area (Å²) in [5.74, 6) is 2.14. The third-order valence-corrected chi connectivity index (χ3v) is 7.99. The van der Waals surface area contributed by atoms with Gasteiger partial charge in [-0.2, -0.15) is 5.10 Å². The molecule has 2 saturated carbocycles. The van der Waals surface area contributed by atoms with E-state index in [9.17, 15) is 14.6 Å². The average molecular weight is 487 g/mol. The SMILES string of the molecule is C#Cc1c(F)ccc2cc(O)cc(-c3nc(C(C)O)c4c(C5[C@H]6CNC[C@@H]56)nn(C5CC5)c4c3F)c12. The van der Waals surface area contributed by atoms with Gasteiger partial charge in [-0.15, -0.1) is 6.42 Å². The molecule has 8 heteroatoms. The molecule has 36 heavy (non-hydrogen) atoms. The third kappa shape index (κ3) is 2.96. The summed E-state index contributed by atoms with van der Waals surface area (Å²) in [5, 5.41) is 30.9. The highest BCUT2D eigenvalue weighted by Gasteiger charge is 2.56. The van der Waals surface area contributed by atoms with Gasteiger partial charge < -0.3 is 15.5 Å². The van der Waals surface area contributed by atoms with Gasteiger partial charge in [0.2, 0.25) is 0 Å². The quantitative estimate of drug-likeness (QED) is 0.369. The number of fused-ring (bicyclic) bond motifs is 3. The van der Waals surface area contributed by atoms with Crippen LogP contribution in [0.5, 0.6) is 5.75 Å². The summed E-state index contributed by atoms with van der Waals surface area (Å²) < 4.78 is 33.0. The standard InChI is InChI=1S/C28H24F2N4O2/c1-3-16-20(29)7-4-13-8-15(36)9-17(21(13)16)26-24(30)28-23(25(32-26)12(2)35)27(33-34(28)14-5-6-14)22-18-10-31-11-19(18)22/h1,4,7-9,12,14,18-19,22,31,35-36H,5-6,10-11H2,2H3/t12?,18-,19+,22?. The number of pyridine rings is 1. The second kappa shape index (κ2) is 7.48. The smallest absolute Gasteiger partial charge is 0.175 e. The summed E-state index contributed by atoms with van der Waals surface area (Å²) in [5.41, 5.74) is 1.50. The summed E-state index contributed by atoms with van der Waals surface area (Å²) in [6.07, 6.45) is 6.45. The summed E-state index contributed by atoms with van der Waals surface area (Å²) in [4.78, 5) is 4.63. The van der Waals surface area contributed by atoms with Crippen LogP contribution >= 0.6 is 0 Å². The van der Waals surface area contributed by atoms with Crippen molar-refractivity contribution in [3.05, 3.63) is 52.9 Å². The molecule has 1 aliphatic heterocycles. The third-order valence-electron chi connectivity index (χ3n) is 7.99. The van der Waals surface area contributed by atoms with Crippen LogP contribution in [-0.2, 0) is 0 Å². The molecular weight excluding hydrogens is 462 g/mol. The highest BCUT2D eigenvalue weighted by atomic mass is 19.1. The normalized spacial score (nSPS) is 23.7. The average Bonchev–Trinajstić information content (AvgIpc) is 3.73. The van der Waals surface area contributed by atoms with Crippen molar-refractivity contribution in [2.75, 3.05) is 13.1 Å². The number of hydrogen-bond donors (Lipinski definition) is 3. The largest absolute Gasteiger partial charge is 0.508 e. The zero-order valence-electron chi connectivity index (χ0n) is 19.6. The predicted octanol–water partition coefficient (Wildman–Crippen LogP) is 4.54. The van der Waals surface area contributed by atoms with E-state index in [0.717, 1.165) is 31.6 Å². The van der Waals surface area contributed by atoms with Gasteiger partial charge in [0.25, 0.3) is 0 Å². The number of aromatic nitrogens is 3. The van der Waals surface area contributed by atoms with Gasteiger partial charge in [-0.25, -0.2) is 13.8 Å². The van der Waals surface area contributed by atoms with Crippen LogP contribution in [0.2, 0.25) is 0 Å². The molecule has 6 nitrogen and oxygen atoms in total.